The van der Waals surface area contributed by atoms with Crippen LogP contribution in [0, 0.1) is 0 Å². The van der Waals surface area contributed by atoms with E-state index in [1.165, 1.54) is 12.3 Å². The second-order valence-corrected chi connectivity index (χ2v) is 7.23. The van der Waals surface area contributed by atoms with E-state index in [9.17, 15) is 9.59 Å². The Kier molecular flexibility index (Phi) is 5.93. The number of halogens is 1. The largest absolute Gasteiger partial charge is 0.443 e. The Morgan fingerprint density at radius 3 is 1.96 bits per heavy atom. The van der Waals surface area contributed by atoms with E-state index in [2.05, 4.69) is 9.97 Å². The van der Waals surface area contributed by atoms with Crippen molar-refractivity contribution in [3.8, 4) is 0 Å². The summed E-state index contributed by atoms with van der Waals surface area (Å²) in [5, 5.41) is 0.211. The van der Waals surface area contributed by atoms with E-state index in [1.54, 1.807) is 41.5 Å². The molecule has 0 N–H and O–H groups in total. The van der Waals surface area contributed by atoms with Gasteiger partial charge >= 0.3 is 12.2 Å². The zero-order valence-corrected chi connectivity index (χ0v) is 15.0. The van der Waals surface area contributed by atoms with Crippen LogP contribution in [-0.4, -0.2) is 38.3 Å². The van der Waals surface area contributed by atoms with E-state index in [-0.39, 0.29) is 17.5 Å². The van der Waals surface area contributed by atoms with Crippen molar-refractivity contribution in [3.05, 3.63) is 23.2 Å². The molecule has 0 aliphatic heterocycles. The summed E-state index contributed by atoms with van der Waals surface area (Å²) in [5.74, 6) is 0.203. The van der Waals surface area contributed by atoms with Crippen LogP contribution in [0.1, 0.15) is 47.4 Å². The minimum atomic E-state index is -0.838. The first-order valence-electron chi connectivity index (χ1n) is 7.08. The van der Waals surface area contributed by atoms with Crippen molar-refractivity contribution < 1.29 is 19.1 Å². The number of carbonyl (C=O) groups excluding carboxylic acids is 2. The molecule has 128 valence electrons. The molecule has 0 aliphatic carbocycles. The maximum Gasteiger partial charge on any atom is 0.420 e. The van der Waals surface area contributed by atoms with E-state index < -0.39 is 23.4 Å². The Morgan fingerprint density at radius 1 is 1.09 bits per heavy atom. The lowest BCUT2D eigenvalue weighted by Gasteiger charge is -2.28. The van der Waals surface area contributed by atoms with Crippen molar-refractivity contribution in [1.82, 2.24) is 14.9 Å². The van der Waals surface area contributed by atoms with Crippen molar-refractivity contribution >= 4 is 23.8 Å². The fourth-order valence-corrected chi connectivity index (χ4v) is 1.58. The van der Waals surface area contributed by atoms with Gasteiger partial charge in [-0.15, -0.1) is 0 Å². The van der Waals surface area contributed by atoms with Crippen LogP contribution in [0.5, 0.6) is 0 Å². The number of aromatic nitrogens is 2. The van der Waals surface area contributed by atoms with E-state index in [1.807, 2.05) is 0 Å². The first-order valence-corrected chi connectivity index (χ1v) is 7.46. The molecule has 1 rings (SSSR count). The summed E-state index contributed by atoms with van der Waals surface area (Å²) in [6.07, 6.45) is -0.238. The molecule has 1 aromatic heterocycles. The van der Waals surface area contributed by atoms with Gasteiger partial charge in [-0.2, -0.15) is 0 Å². The number of nitrogens with zero attached hydrogens (tertiary/aromatic N) is 3. The quantitative estimate of drug-likeness (QED) is 0.759. The average Bonchev–Trinajstić information content (AvgIpc) is 2.31. The van der Waals surface area contributed by atoms with Crippen LogP contribution in [0.15, 0.2) is 12.3 Å². The lowest BCUT2D eigenvalue weighted by atomic mass is 10.2. The number of carbonyl (C=O) groups is 2. The van der Waals surface area contributed by atoms with E-state index in [4.69, 9.17) is 21.1 Å². The topological polar surface area (TPSA) is 81.6 Å². The number of hydrogen-bond donors (Lipinski definition) is 0. The third kappa shape index (κ3) is 7.27. The highest BCUT2D eigenvalue weighted by atomic mass is 35.5. The molecule has 0 bridgehead atoms. The van der Waals surface area contributed by atoms with Crippen LogP contribution in [0.25, 0.3) is 0 Å². The van der Waals surface area contributed by atoms with Gasteiger partial charge in [-0.1, -0.05) is 11.6 Å². The summed E-state index contributed by atoms with van der Waals surface area (Å²) in [7, 11) is 0. The summed E-state index contributed by atoms with van der Waals surface area (Å²) in [4.78, 5) is 33.3. The molecule has 0 spiro atoms. The molecular formula is C15H22ClN3O4. The summed E-state index contributed by atoms with van der Waals surface area (Å²) in [6.45, 7) is 10.0. The molecule has 0 aromatic carbocycles. The van der Waals surface area contributed by atoms with Crippen LogP contribution >= 0.6 is 11.6 Å². The van der Waals surface area contributed by atoms with Gasteiger partial charge in [0.2, 0.25) is 0 Å². The molecule has 1 aromatic rings. The Bertz CT molecular complexity index is 551. The van der Waals surface area contributed by atoms with Crippen LogP contribution in [0.3, 0.4) is 0 Å². The molecule has 23 heavy (non-hydrogen) atoms. The average molecular weight is 344 g/mol. The van der Waals surface area contributed by atoms with Gasteiger partial charge in [0.15, 0.2) is 0 Å². The fraction of sp³-hybridized carbons (Fsp3) is 0.600. The molecule has 0 atom stereocenters. The van der Waals surface area contributed by atoms with E-state index in [0.717, 1.165) is 4.90 Å². The van der Waals surface area contributed by atoms with Crippen LogP contribution < -0.4 is 0 Å². The smallest absolute Gasteiger partial charge is 0.420 e. The molecule has 2 amide bonds. The van der Waals surface area contributed by atoms with Crippen molar-refractivity contribution in [3.63, 3.8) is 0 Å². The molecule has 0 fully saturated rings. The normalized spacial score (nSPS) is 11.8. The fourth-order valence-electron chi connectivity index (χ4n) is 1.43. The molecule has 0 unspecified atom stereocenters. The number of imide groups is 1. The number of hydrogen-bond acceptors (Lipinski definition) is 6. The first kappa shape index (κ1) is 19.2. The van der Waals surface area contributed by atoms with Gasteiger partial charge in [-0.05, 0) is 47.6 Å². The number of ether oxygens (including phenoxy) is 2. The van der Waals surface area contributed by atoms with Gasteiger partial charge in [0.05, 0.1) is 6.54 Å². The maximum atomic E-state index is 12.3. The predicted octanol–water partition coefficient (Wildman–Crippen LogP) is 3.80. The highest BCUT2D eigenvalue weighted by molar-refractivity contribution is 6.29. The summed E-state index contributed by atoms with van der Waals surface area (Å²) < 4.78 is 10.5. The van der Waals surface area contributed by atoms with E-state index in [0.29, 0.717) is 0 Å². The maximum absolute atomic E-state index is 12.3. The number of amides is 2. The number of rotatable bonds is 2. The SMILES string of the molecule is CC(C)(C)OC(=O)N(Cc1nccc(Cl)n1)C(=O)OC(C)(C)C. The van der Waals surface area contributed by atoms with Crippen LogP contribution in [0.4, 0.5) is 9.59 Å². The monoisotopic (exact) mass is 343 g/mol. The van der Waals surface area contributed by atoms with Gasteiger partial charge in [0.1, 0.15) is 22.2 Å². The first-order chi connectivity index (χ1) is 10.4. The molecule has 0 saturated carbocycles. The summed E-state index contributed by atoms with van der Waals surface area (Å²) >= 11 is 5.80. The minimum Gasteiger partial charge on any atom is -0.443 e. The zero-order chi connectivity index (χ0) is 17.8. The molecule has 1 heterocycles. The van der Waals surface area contributed by atoms with Crippen LogP contribution in [0.2, 0.25) is 5.15 Å². The van der Waals surface area contributed by atoms with Crippen molar-refractivity contribution in [1.29, 1.82) is 0 Å². The van der Waals surface area contributed by atoms with Gasteiger partial charge in [0, 0.05) is 6.20 Å². The van der Waals surface area contributed by atoms with Crippen molar-refractivity contribution in [2.45, 2.75) is 59.3 Å². The Labute approximate surface area is 140 Å². The Hall–Kier alpha value is -1.89. The molecular weight excluding hydrogens is 322 g/mol. The molecule has 7 nitrogen and oxygen atoms in total. The lowest BCUT2D eigenvalue weighted by Crippen LogP contribution is -2.43. The van der Waals surface area contributed by atoms with E-state index >= 15 is 0 Å². The highest BCUT2D eigenvalue weighted by Crippen LogP contribution is 2.16. The Balaban J connectivity index is 3.00. The predicted molar refractivity (Wildman–Crippen MR) is 85.1 cm³/mol. The van der Waals surface area contributed by atoms with Gasteiger partial charge < -0.3 is 9.47 Å². The Morgan fingerprint density at radius 2 is 1.57 bits per heavy atom. The highest BCUT2D eigenvalue weighted by Gasteiger charge is 2.31. The zero-order valence-electron chi connectivity index (χ0n) is 14.2. The van der Waals surface area contributed by atoms with Gasteiger partial charge in [-0.3, -0.25) is 0 Å². The molecule has 0 aliphatic rings. The second kappa shape index (κ2) is 7.12. The second-order valence-electron chi connectivity index (χ2n) is 6.84. The summed E-state index contributed by atoms with van der Waals surface area (Å²) in [5.41, 5.74) is -1.51. The summed E-state index contributed by atoms with van der Waals surface area (Å²) in [6, 6.07) is 1.50. The molecule has 0 saturated heterocycles. The third-order valence-electron chi connectivity index (χ3n) is 2.20. The van der Waals surface area contributed by atoms with Crippen molar-refractivity contribution in [2.75, 3.05) is 0 Å². The minimum absolute atomic E-state index is 0.203. The molecule has 0 radical (unpaired) electrons. The van der Waals surface area contributed by atoms with Crippen molar-refractivity contribution in [2.24, 2.45) is 0 Å². The van der Waals surface area contributed by atoms with Gasteiger partial charge in [-0.25, -0.2) is 24.5 Å². The van der Waals surface area contributed by atoms with Gasteiger partial charge in [0.25, 0.3) is 0 Å². The lowest BCUT2D eigenvalue weighted by molar-refractivity contribution is -0.000732. The molecule has 8 heteroatoms. The standard InChI is InChI=1S/C15H22ClN3O4/c1-14(2,3)22-12(20)19(13(21)23-15(4,5)6)9-11-17-8-7-10(16)18-11/h7-8H,9H2,1-6H3. The van der Waals surface area contributed by atoms with Crippen LogP contribution in [-0.2, 0) is 16.0 Å². The third-order valence-corrected chi connectivity index (χ3v) is 2.41.